The number of amides is 1. The van der Waals surface area contributed by atoms with Gasteiger partial charge in [0, 0.05) is 26.7 Å². The van der Waals surface area contributed by atoms with Gasteiger partial charge in [-0.05, 0) is 60.7 Å². The maximum atomic E-state index is 13.2. The highest BCUT2D eigenvalue weighted by atomic mass is 32.2. The van der Waals surface area contributed by atoms with Crippen molar-refractivity contribution in [1.82, 2.24) is 0 Å². The molecule has 0 saturated carbocycles. The van der Waals surface area contributed by atoms with Crippen LogP contribution in [-0.2, 0) is 0 Å². The number of carbonyl (C=O) groups excluding carboxylic acids is 1. The van der Waals surface area contributed by atoms with Gasteiger partial charge in [0.25, 0.3) is 5.91 Å². The van der Waals surface area contributed by atoms with Crippen molar-refractivity contribution < 1.29 is 14.3 Å². The van der Waals surface area contributed by atoms with E-state index < -0.39 is 5.82 Å². The van der Waals surface area contributed by atoms with Crippen molar-refractivity contribution in [3.8, 4) is 5.75 Å². The Kier molecular flexibility index (Phi) is 4.90. The van der Waals surface area contributed by atoms with Crippen LogP contribution in [0.3, 0.4) is 0 Å². The van der Waals surface area contributed by atoms with Gasteiger partial charge in [-0.1, -0.05) is 17.8 Å². The van der Waals surface area contributed by atoms with Gasteiger partial charge < -0.3 is 16.2 Å². The maximum Gasteiger partial charge on any atom is 0.255 e. The number of halogens is 1. The predicted octanol–water partition coefficient (Wildman–Crippen LogP) is 4.52. The molecule has 4 N–H and O–H groups in total. The molecule has 0 aliphatic carbocycles. The number of phenolic OH excluding ortho intramolecular Hbond substituents is 1. The molecule has 0 spiro atoms. The molecule has 0 atom stereocenters. The van der Waals surface area contributed by atoms with E-state index >= 15 is 0 Å². The van der Waals surface area contributed by atoms with Crippen LogP contribution in [0.2, 0.25) is 0 Å². The number of nitrogens with two attached hydrogens (primary N) is 1. The zero-order chi connectivity index (χ0) is 17.8. The van der Waals surface area contributed by atoms with Crippen LogP contribution in [0.5, 0.6) is 5.75 Å². The fourth-order valence-electron chi connectivity index (χ4n) is 2.19. The summed E-state index contributed by atoms with van der Waals surface area (Å²) in [6.07, 6.45) is 0. The number of hydrogen-bond donors (Lipinski definition) is 3. The average molecular weight is 354 g/mol. The van der Waals surface area contributed by atoms with Gasteiger partial charge in [-0.25, -0.2) is 4.39 Å². The Balaban J connectivity index is 1.74. The van der Waals surface area contributed by atoms with E-state index in [9.17, 15) is 14.3 Å². The number of phenols is 1. The van der Waals surface area contributed by atoms with Gasteiger partial charge in [0.05, 0.1) is 0 Å². The fraction of sp³-hybridized carbons (Fsp3) is 0. The molecule has 6 heteroatoms. The van der Waals surface area contributed by atoms with E-state index in [1.54, 1.807) is 48.5 Å². The van der Waals surface area contributed by atoms with Crippen LogP contribution in [-0.4, -0.2) is 11.0 Å². The molecule has 25 heavy (non-hydrogen) atoms. The largest absolute Gasteiger partial charge is 0.508 e. The number of nitrogen functional groups attached to an aromatic ring is 1. The summed E-state index contributed by atoms with van der Waals surface area (Å²) < 4.78 is 13.2. The van der Waals surface area contributed by atoms with E-state index in [1.165, 1.54) is 30.0 Å². The van der Waals surface area contributed by atoms with E-state index in [-0.39, 0.29) is 11.7 Å². The van der Waals surface area contributed by atoms with Crippen molar-refractivity contribution >= 4 is 29.0 Å². The Hall–Kier alpha value is -2.99. The lowest BCUT2D eigenvalue weighted by molar-refractivity contribution is 0.102. The average Bonchev–Trinajstić information content (AvgIpc) is 2.58. The Morgan fingerprint density at radius 1 is 1.04 bits per heavy atom. The minimum absolute atomic E-state index is 0.196. The highest BCUT2D eigenvalue weighted by molar-refractivity contribution is 7.99. The van der Waals surface area contributed by atoms with E-state index in [0.717, 1.165) is 9.79 Å². The molecular formula is C19H15FN2O2S. The van der Waals surface area contributed by atoms with E-state index in [0.29, 0.717) is 16.9 Å². The molecule has 0 aliphatic heterocycles. The highest BCUT2D eigenvalue weighted by Crippen LogP contribution is 2.33. The number of rotatable bonds is 4. The normalized spacial score (nSPS) is 10.4. The summed E-state index contributed by atoms with van der Waals surface area (Å²) in [6.45, 7) is 0. The summed E-state index contributed by atoms with van der Waals surface area (Å²) in [5.41, 5.74) is 7.27. The van der Waals surface area contributed by atoms with E-state index in [1.807, 2.05) is 0 Å². The summed E-state index contributed by atoms with van der Waals surface area (Å²) in [5, 5.41) is 11.9. The molecule has 0 fully saturated rings. The van der Waals surface area contributed by atoms with Crippen LogP contribution in [0, 0.1) is 5.82 Å². The number of aromatic hydroxyl groups is 1. The van der Waals surface area contributed by atoms with Crippen molar-refractivity contribution in [3.05, 3.63) is 78.1 Å². The second-order valence-electron chi connectivity index (χ2n) is 5.31. The van der Waals surface area contributed by atoms with Gasteiger partial charge in [0.1, 0.15) is 11.6 Å². The van der Waals surface area contributed by atoms with Crippen molar-refractivity contribution in [1.29, 1.82) is 0 Å². The number of hydrogen-bond acceptors (Lipinski definition) is 4. The van der Waals surface area contributed by atoms with Crippen LogP contribution in [0.1, 0.15) is 10.4 Å². The molecule has 3 rings (SSSR count). The lowest BCUT2D eigenvalue weighted by atomic mass is 10.2. The van der Waals surface area contributed by atoms with Gasteiger partial charge in [-0.2, -0.15) is 0 Å². The predicted molar refractivity (Wildman–Crippen MR) is 97.4 cm³/mol. The molecule has 0 bridgehead atoms. The van der Waals surface area contributed by atoms with Crippen LogP contribution in [0.15, 0.2) is 76.5 Å². The van der Waals surface area contributed by atoms with Crippen molar-refractivity contribution in [3.63, 3.8) is 0 Å². The topological polar surface area (TPSA) is 75.4 Å². The molecule has 1 amide bonds. The molecule has 0 aromatic heterocycles. The minimum atomic E-state index is -0.419. The third-order valence-electron chi connectivity index (χ3n) is 3.42. The lowest BCUT2D eigenvalue weighted by Gasteiger charge is -2.09. The first-order chi connectivity index (χ1) is 12.0. The fourth-order valence-corrected chi connectivity index (χ4v) is 3.03. The summed E-state index contributed by atoms with van der Waals surface area (Å²) in [4.78, 5) is 14.0. The standard InChI is InChI=1S/C19H15FN2O2S/c20-13-2-1-3-14(11-13)22-19(24)12-4-9-18(17(21)10-12)25-16-7-5-15(23)6-8-16/h1-11,23H,21H2,(H,22,24). The van der Waals surface area contributed by atoms with Crippen LogP contribution in [0.4, 0.5) is 15.8 Å². The molecule has 0 unspecified atom stereocenters. The van der Waals surface area contributed by atoms with Gasteiger partial charge in [-0.15, -0.1) is 0 Å². The SMILES string of the molecule is Nc1cc(C(=O)Nc2cccc(F)c2)ccc1Sc1ccc(O)cc1. The van der Waals surface area contributed by atoms with Crippen molar-refractivity contribution in [2.45, 2.75) is 9.79 Å². The molecule has 126 valence electrons. The second kappa shape index (κ2) is 7.27. The smallest absolute Gasteiger partial charge is 0.255 e. The Bertz CT molecular complexity index is 914. The van der Waals surface area contributed by atoms with Crippen LogP contribution >= 0.6 is 11.8 Å². The Morgan fingerprint density at radius 3 is 2.48 bits per heavy atom. The molecule has 0 heterocycles. The monoisotopic (exact) mass is 354 g/mol. The van der Waals surface area contributed by atoms with E-state index in [4.69, 9.17) is 5.73 Å². The third kappa shape index (κ3) is 4.30. The van der Waals surface area contributed by atoms with Gasteiger partial charge >= 0.3 is 0 Å². The molecule has 4 nitrogen and oxygen atoms in total. The van der Waals surface area contributed by atoms with Crippen molar-refractivity contribution in [2.75, 3.05) is 11.1 Å². The molecular weight excluding hydrogens is 339 g/mol. The molecule has 3 aromatic rings. The van der Waals surface area contributed by atoms with Gasteiger partial charge in [-0.3, -0.25) is 4.79 Å². The Labute approximate surface area is 148 Å². The first kappa shape index (κ1) is 16.9. The zero-order valence-corrected chi connectivity index (χ0v) is 13.9. The highest BCUT2D eigenvalue weighted by Gasteiger charge is 2.10. The first-order valence-corrected chi connectivity index (χ1v) is 8.26. The molecule has 0 saturated heterocycles. The second-order valence-corrected chi connectivity index (χ2v) is 6.43. The minimum Gasteiger partial charge on any atom is -0.508 e. The number of anilines is 2. The van der Waals surface area contributed by atoms with Crippen LogP contribution < -0.4 is 11.1 Å². The number of nitrogens with one attached hydrogen (secondary N) is 1. The lowest BCUT2D eigenvalue weighted by Crippen LogP contribution is -2.12. The zero-order valence-electron chi connectivity index (χ0n) is 13.1. The summed E-state index contributed by atoms with van der Waals surface area (Å²) in [7, 11) is 0. The summed E-state index contributed by atoms with van der Waals surface area (Å²) >= 11 is 1.43. The molecule has 3 aromatic carbocycles. The van der Waals surface area contributed by atoms with Gasteiger partial charge in [0.2, 0.25) is 0 Å². The van der Waals surface area contributed by atoms with Gasteiger partial charge in [0.15, 0.2) is 0 Å². The van der Waals surface area contributed by atoms with Crippen LogP contribution in [0.25, 0.3) is 0 Å². The number of benzene rings is 3. The third-order valence-corrected chi connectivity index (χ3v) is 4.52. The molecule has 0 radical (unpaired) electrons. The first-order valence-electron chi connectivity index (χ1n) is 7.44. The quantitative estimate of drug-likeness (QED) is 0.602. The van der Waals surface area contributed by atoms with Crippen molar-refractivity contribution in [2.24, 2.45) is 0 Å². The summed E-state index contributed by atoms with van der Waals surface area (Å²) in [5.74, 6) is -0.585. The van der Waals surface area contributed by atoms with E-state index in [2.05, 4.69) is 5.32 Å². The maximum absolute atomic E-state index is 13.2. The summed E-state index contributed by atoms with van der Waals surface area (Å²) in [6, 6.07) is 17.4. The Morgan fingerprint density at radius 2 is 1.80 bits per heavy atom. The molecule has 0 aliphatic rings. The number of carbonyl (C=O) groups is 1.